The molecular weight excluding hydrogens is 282 g/mol. The molecule has 1 aromatic rings. The Morgan fingerprint density at radius 2 is 1.70 bits per heavy atom. The third-order valence-electron chi connectivity index (χ3n) is 2.72. The van der Waals surface area contributed by atoms with Gasteiger partial charge in [0, 0.05) is 20.5 Å². The summed E-state index contributed by atoms with van der Waals surface area (Å²) in [6.07, 6.45) is 0.331. The quantitative estimate of drug-likeness (QED) is 0.829. The van der Waals surface area contributed by atoms with Gasteiger partial charge in [0.2, 0.25) is 5.91 Å². The second kappa shape index (κ2) is 6.51. The maximum Gasteiger partial charge on any atom is 0.303 e. The van der Waals surface area contributed by atoms with Crippen molar-refractivity contribution in [1.29, 1.82) is 0 Å². The van der Waals surface area contributed by atoms with Crippen LogP contribution in [0.1, 0.15) is 12.0 Å². The van der Waals surface area contributed by atoms with E-state index in [9.17, 15) is 18.0 Å². The summed E-state index contributed by atoms with van der Waals surface area (Å²) >= 11 is 0. The van der Waals surface area contributed by atoms with Crippen molar-refractivity contribution in [3.05, 3.63) is 29.8 Å². The lowest BCUT2D eigenvalue weighted by molar-refractivity contribution is -0.137. The summed E-state index contributed by atoms with van der Waals surface area (Å²) in [4.78, 5) is 23.2. The lowest BCUT2D eigenvalue weighted by Crippen LogP contribution is -2.29. The number of benzene rings is 1. The number of amides is 1. The van der Waals surface area contributed by atoms with E-state index in [1.807, 2.05) is 0 Å². The number of carboxylic acids is 1. The molecule has 0 spiro atoms. The Labute approximate surface area is 117 Å². The fourth-order valence-corrected chi connectivity index (χ4v) is 2.79. The maximum absolute atomic E-state index is 12.0. The van der Waals surface area contributed by atoms with E-state index in [-0.39, 0.29) is 11.3 Å². The molecule has 7 heteroatoms. The largest absolute Gasteiger partial charge is 0.481 e. The van der Waals surface area contributed by atoms with Gasteiger partial charge in [0.1, 0.15) is 5.75 Å². The molecule has 1 rings (SSSR count). The Bertz CT molecular complexity index is 590. The zero-order valence-corrected chi connectivity index (χ0v) is 12.2. The third-order valence-corrected chi connectivity index (χ3v) is 4.34. The van der Waals surface area contributed by atoms with Gasteiger partial charge in [0.15, 0.2) is 9.84 Å². The molecule has 0 aromatic heterocycles. The Balaban J connectivity index is 2.82. The molecule has 0 heterocycles. The average Bonchev–Trinajstić information content (AvgIpc) is 2.36. The van der Waals surface area contributed by atoms with Crippen LogP contribution >= 0.6 is 0 Å². The van der Waals surface area contributed by atoms with Gasteiger partial charge >= 0.3 is 5.97 Å². The van der Waals surface area contributed by atoms with E-state index in [2.05, 4.69) is 0 Å². The standard InChI is InChI=1S/C13H17NO5S/c1-14(2)12(15)9-20(18,19)11-6-3-10(4-7-11)5-8-13(16)17/h3-4,6-7H,5,8-9H2,1-2H3,(H,16,17). The van der Waals surface area contributed by atoms with Gasteiger partial charge in [0.05, 0.1) is 4.90 Å². The van der Waals surface area contributed by atoms with Crippen molar-refractivity contribution in [3.8, 4) is 0 Å². The molecule has 0 saturated carbocycles. The SMILES string of the molecule is CN(C)C(=O)CS(=O)(=O)c1ccc(CCC(=O)O)cc1. The molecule has 1 aromatic carbocycles. The number of carboxylic acid groups (broad SMARTS) is 1. The Kier molecular flexibility index (Phi) is 5.26. The summed E-state index contributed by atoms with van der Waals surface area (Å²) < 4.78 is 24.0. The Morgan fingerprint density at radius 1 is 1.15 bits per heavy atom. The van der Waals surface area contributed by atoms with Gasteiger partial charge < -0.3 is 10.0 Å². The van der Waals surface area contributed by atoms with Crippen LogP contribution in [0.5, 0.6) is 0 Å². The van der Waals surface area contributed by atoms with Crippen molar-refractivity contribution in [2.45, 2.75) is 17.7 Å². The summed E-state index contributed by atoms with van der Waals surface area (Å²) in [5, 5.41) is 8.57. The highest BCUT2D eigenvalue weighted by molar-refractivity contribution is 7.92. The van der Waals surface area contributed by atoms with Crippen LogP contribution in [-0.4, -0.2) is 50.1 Å². The van der Waals surface area contributed by atoms with Gasteiger partial charge in [-0.1, -0.05) is 12.1 Å². The van der Waals surface area contributed by atoms with Gasteiger partial charge in [-0.25, -0.2) is 8.42 Å². The van der Waals surface area contributed by atoms with E-state index in [1.54, 1.807) is 12.1 Å². The van der Waals surface area contributed by atoms with Gasteiger partial charge in [-0.05, 0) is 24.1 Å². The maximum atomic E-state index is 12.0. The predicted octanol–water partition coefficient (Wildman–Crippen LogP) is 0.566. The first-order valence-corrected chi connectivity index (χ1v) is 7.61. The number of rotatable bonds is 6. The minimum absolute atomic E-state index is 0.00872. The van der Waals surface area contributed by atoms with Crippen LogP contribution in [-0.2, 0) is 25.8 Å². The van der Waals surface area contributed by atoms with E-state index in [0.717, 1.165) is 5.56 Å². The molecular formula is C13H17NO5S. The lowest BCUT2D eigenvalue weighted by Gasteiger charge is -2.10. The second-order valence-corrected chi connectivity index (χ2v) is 6.57. The van der Waals surface area contributed by atoms with Crippen LogP contribution in [0, 0.1) is 0 Å². The number of aryl methyl sites for hydroxylation is 1. The number of nitrogens with zero attached hydrogens (tertiary/aromatic N) is 1. The van der Waals surface area contributed by atoms with Gasteiger partial charge in [-0.15, -0.1) is 0 Å². The van der Waals surface area contributed by atoms with Crippen LogP contribution < -0.4 is 0 Å². The molecule has 0 radical (unpaired) electrons. The first kappa shape index (κ1) is 16.2. The van der Waals surface area contributed by atoms with Gasteiger partial charge in [0.25, 0.3) is 0 Å². The van der Waals surface area contributed by atoms with Crippen LogP contribution in [0.4, 0.5) is 0 Å². The zero-order chi connectivity index (χ0) is 15.3. The van der Waals surface area contributed by atoms with Gasteiger partial charge in [-0.2, -0.15) is 0 Å². The molecule has 0 atom stereocenters. The molecule has 0 fully saturated rings. The minimum atomic E-state index is -3.66. The Morgan fingerprint density at radius 3 is 2.15 bits per heavy atom. The van der Waals surface area contributed by atoms with Crippen molar-refractivity contribution in [3.63, 3.8) is 0 Å². The summed E-state index contributed by atoms with van der Waals surface area (Å²) in [6, 6.07) is 5.93. The average molecular weight is 299 g/mol. The number of aliphatic carboxylic acids is 1. The highest BCUT2D eigenvalue weighted by Gasteiger charge is 2.20. The van der Waals surface area contributed by atoms with Crippen molar-refractivity contribution in [2.75, 3.05) is 19.8 Å². The third kappa shape index (κ3) is 4.65. The van der Waals surface area contributed by atoms with Crippen molar-refractivity contribution in [1.82, 2.24) is 4.90 Å². The molecule has 0 aliphatic carbocycles. The fourth-order valence-electron chi connectivity index (χ4n) is 1.49. The topological polar surface area (TPSA) is 91.8 Å². The molecule has 1 N–H and O–H groups in total. The van der Waals surface area contributed by atoms with E-state index in [4.69, 9.17) is 5.11 Å². The summed E-state index contributed by atoms with van der Waals surface area (Å²) in [7, 11) is -0.674. The number of carbonyl (C=O) groups excluding carboxylic acids is 1. The molecule has 0 unspecified atom stereocenters. The highest BCUT2D eigenvalue weighted by atomic mass is 32.2. The van der Waals surface area contributed by atoms with Crippen LogP contribution in [0.2, 0.25) is 0 Å². The molecule has 0 saturated heterocycles. The summed E-state index contributed by atoms with van der Waals surface area (Å²) in [6.45, 7) is 0. The molecule has 1 amide bonds. The van der Waals surface area contributed by atoms with E-state index < -0.39 is 27.5 Å². The first-order valence-electron chi connectivity index (χ1n) is 5.96. The van der Waals surface area contributed by atoms with Crippen LogP contribution in [0.15, 0.2) is 29.2 Å². The molecule has 6 nitrogen and oxygen atoms in total. The second-order valence-electron chi connectivity index (χ2n) is 4.58. The van der Waals surface area contributed by atoms with Gasteiger partial charge in [-0.3, -0.25) is 9.59 Å². The fraction of sp³-hybridized carbons (Fsp3) is 0.385. The zero-order valence-electron chi connectivity index (χ0n) is 11.4. The number of hydrogen-bond acceptors (Lipinski definition) is 4. The smallest absolute Gasteiger partial charge is 0.303 e. The number of sulfone groups is 1. The van der Waals surface area contributed by atoms with Crippen molar-refractivity contribution < 1.29 is 23.1 Å². The summed E-state index contributed by atoms with van der Waals surface area (Å²) in [5.74, 6) is -1.97. The molecule has 0 aliphatic heterocycles. The predicted molar refractivity (Wildman–Crippen MR) is 73.1 cm³/mol. The monoisotopic (exact) mass is 299 g/mol. The number of carbonyl (C=O) groups is 2. The highest BCUT2D eigenvalue weighted by Crippen LogP contribution is 2.14. The van der Waals surface area contributed by atoms with Crippen LogP contribution in [0.3, 0.4) is 0 Å². The van der Waals surface area contributed by atoms with Crippen LogP contribution in [0.25, 0.3) is 0 Å². The minimum Gasteiger partial charge on any atom is -0.481 e. The molecule has 20 heavy (non-hydrogen) atoms. The molecule has 0 aliphatic rings. The molecule has 0 bridgehead atoms. The lowest BCUT2D eigenvalue weighted by atomic mass is 10.1. The van der Waals surface area contributed by atoms with E-state index in [0.29, 0.717) is 6.42 Å². The summed E-state index contributed by atoms with van der Waals surface area (Å²) in [5.41, 5.74) is 0.741. The first-order chi connectivity index (χ1) is 9.22. The van der Waals surface area contributed by atoms with Crippen molar-refractivity contribution in [2.24, 2.45) is 0 Å². The Hall–Kier alpha value is -1.89. The van der Waals surface area contributed by atoms with E-state index >= 15 is 0 Å². The van der Waals surface area contributed by atoms with E-state index in [1.165, 1.54) is 31.1 Å². The molecule has 110 valence electrons. The number of hydrogen-bond donors (Lipinski definition) is 1. The van der Waals surface area contributed by atoms with Crippen molar-refractivity contribution >= 4 is 21.7 Å². The normalized spacial score (nSPS) is 11.1.